The summed E-state index contributed by atoms with van der Waals surface area (Å²) in [6.45, 7) is 1.95. The molecule has 0 saturated carbocycles. The number of hydrogen-bond donors (Lipinski definition) is 1. The molecule has 7 heteroatoms. The van der Waals surface area contributed by atoms with Gasteiger partial charge in [0.2, 0.25) is 5.89 Å². The van der Waals surface area contributed by atoms with E-state index in [2.05, 4.69) is 17.2 Å². The molecule has 1 amide bonds. The number of carbonyl (C=O) groups excluding carboxylic acids is 1. The third-order valence-electron chi connectivity index (χ3n) is 4.77. The molecule has 0 atom stereocenters. The minimum atomic E-state index is -0.297. The first kappa shape index (κ1) is 20.8. The lowest BCUT2D eigenvalue weighted by Crippen LogP contribution is -2.20. The molecule has 0 unspecified atom stereocenters. The van der Waals surface area contributed by atoms with Gasteiger partial charge in [0, 0.05) is 5.69 Å². The lowest BCUT2D eigenvalue weighted by atomic mass is 10.1. The lowest BCUT2D eigenvalue weighted by molar-refractivity contribution is -0.118. The molecule has 0 spiro atoms. The Morgan fingerprint density at radius 1 is 1.06 bits per heavy atom. The average molecular weight is 437 g/mol. The summed E-state index contributed by atoms with van der Waals surface area (Å²) in [5.41, 5.74) is 3.80. The maximum absolute atomic E-state index is 12.3. The number of nitrogens with zero attached hydrogens (tertiary/aromatic N) is 1. The molecule has 0 aliphatic rings. The van der Waals surface area contributed by atoms with Crippen LogP contribution in [-0.4, -0.2) is 24.6 Å². The van der Waals surface area contributed by atoms with Crippen molar-refractivity contribution in [3.63, 3.8) is 0 Å². The van der Waals surface area contributed by atoms with E-state index in [1.54, 1.807) is 49.6 Å². The highest BCUT2D eigenvalue weighted by molar-refractivity contribution is 6.33. The zero-order valence-corrected chi connectivity index (χ0v) is 17.9. The molecular weight excluding hydrogens is 416 g/mol. The van der Waals surface area contributed by atoms with Gasteiger partial charge in [-0.1, -0.05) is 24.6 Å². The number of ether oxygens (including phenoxy) is 2. The maximum Gasteiger partial charge on any atom is 0.262 e. The maximum atomic E-state index is 12.3. The normalized spacial score (nSPS) is 10.8. The number of nitrogens with one attached hydrogen (secondary N) is 1. The molecule has 0 aliphatic heterocycles. The second kappa shape index (κ2) is 9.10. The largest absolute Gasteiger partial charge is 0.497 e. The summed E-state index contributed by atoms with van der Waals surface area (Å²) in [5, 5.41) is 3.29. The molecule has 1 N–H and O–H groups in total. The van der Waals surface area contributed by atoms with Crippen LogP contribution in [0, 0.1) is 0 Å². The number of hydrogen-bond acceptors (Lipinski definition) is 5. The summed E-state index contributed by atoms with van der Waals surface area (Å²) in [6, 6.07) is 18.1. The highest BCUT2D eigenvalue weighted by atomic mass is 35.5. The molecule has 0 saturated heterocycles. The number of oxazole rings is 1. The molecule has 0 bridgehead atoms. The van der Waals surface area contributed by atoms with Gasteiger partial charge >= 0.3 is 0 Å². The summed E-state index contributed by atoms with van der Waals surface area (Å²) in [7, 11) is 1.59. The average Bonchev–Trinajstić information content (AvgIpc) is 3.22. The van der Waals surface area contributed by atoms with Crippen molar-refractivity contribution >= 4 is 34.3 Å². The molecule has 3 aromatic carbocycles. The van der Waals surface area contributed by atoms with Gasteiger partial charge in [0.1, 0.15) is 17.0 Å². The predicted molar refractivity (Wildman–Crippen MR) is 121 cm³/mol. The van der Waals surface area contributed by atoms with Gasteiger partial charge in [0.25, 0.3) is 5.91 Å². The first-order valence-corrected chi connectivity index (χ1v) is 10.2. The standard InChI is InChI=1S/C24H21ClN2O4/c1-3-15-4-11-22-21(12-15)27-24(31-22)19-13-16(5-10-20(19)25)26-23(28)14-30-18-8-6-17(29-2)7-9-18/h4-13H,3,14H2,1-2H3,(H,26,28). The molecule has 31 heavy (non-hydrogen) atoms. The van der Waals surface area contributed by atoms with Crippen molar-refractivity contribution in [1.82, 2.24) is 4.98 Å². The molecule has 158 valence electrons. The van der Waals surface area contributed by atoms with Crippen molar-refractivity contribution in [3.05, 3.63) is 71.2 Å². The Balaban J connectivity index is 1.47. The van der Waals surface area contributed by atoms with Gasteiger partial charge < -0.3 is 19.2 Å². The number of methoxy groups -OCH3 is 1. The van der Waals surface area contributed by atoms with Crippen molar-refractivity contribution in [2.75, 3.05) is 19.0 Å². The molecule has 1 aromatic heterocycles. The second-order valence-corrected chi connectivity index (χ2v) is 7.29. The number of carbonyl (C=O) groups is 1. The summed E-state index contributed by atoms with van der Waals surface area (Å²) < 4.78 is 16.5. The van der Waals surface area contributed by atoms with Crippen LogP contribution in [0.1, 0.15) is 12.5 Å². The monoisotopic (exact) mass is 436 g/mol. The van der Waals surface area contributed by atoms with E-state index in [0.29, 0.717) is 33.5 Å². The number of aryl methyl sites for hydroxylation is 1. The number of fused-ring (bicyclic) bond motifs is 1. The number of amides is 1. The van der Waals surface area contributed by atoms with Crippen molar-refractivity contribution in [2.45, 2.75) is 13.3 Å². The van der Waals surface area contributed by atoms with E-state index >= 15 is 0 Å². The van der Waals surface area contributed by atoms with Crippen LogP contribution in [0.5, 0.6) is 11.5 Å². The van der Waals surface area contributed by atoms with Gasteiger partial charge in [-0.05, 0) is 66.6 Å². The van der Waals surface area contributed by atoms with E-state index in [9.17, 15) is 4.79 Å². The van der Waals surface area contributed by atoms with Gasteiger partial charge in [-0.3, -0.25) is 4.79 Å². The van der Waals surface area contributed by atoms with E-state index in [1.165, 1.54) is 5.56 Å². The number of rotatable bonds is 7. The fraction of sp³-hybridized carbons (Fsp3) is 0.167. The smallest absolute Gasteiger partial charge is 0.262 e. The van der Waals surface area contributed by atoms with E-state index in [4.69, 9.17) is 25.5 Å². The summed E-state index contributed by atoms with van der Waals surface area (Å²) in [4.78, 5) is 16.9. The predicted octanol–water partition coefficient (Wildman–Crippen LogP) is 5.74. The van der Waals surface area contributed by atoms with Crippen LogP contribution in [0.3, 0.4) is 0 Å². The van der Waals surface area contributed by atoms with Crippen molar-refractivity contribution in [3.8, 4) is 23.0 Å². The van der Waals surface area contributed by atoms with E-state index < -0.39 is 0 Å². The van der Waals surface area contributed by atoms with Crippen LogP contribution in [0.2, 0.25) is 5.02 Å². The van der Waals surface area contributed by atoms with Gasteiger partial charge in [0.05, 0.1) is 17.7 Å². The van der Waals surface area contributed by atoms with Crippen molar-refractivity contribution in [2.24, 2.45) is 0 Å². The highest BCUT2D eigenvalue weighted by Crippen LogP contribution is 2.32. The van der Waals surface area contributed by atoms with Crippen LogP contribution in [0.15, 0.2) is 65.1 Å². The molecule has 1 heterocycles. The third-order valence-corrected chi connectivity index (χ3v) is 5.10. The SMILES string of the molecule is CCc1ccc2oc(-c3cc(NC(=O)COc4ccc(OC)cc4)ccc3Cl)nc2c1. The van der Waals surface area contributed by atoms with Gasteiger partial charge in [0.15, 0.2) is 12.2 Å². The Morgan fingerprint density at radius 3 is 2.58 bits per heavy atom. The first-order valence-electron chi connectivity index (χ1n) is 9.82. The Kier molecular flexibility index (Phi) is 6.09. The zero-order chi connectivity index (χ0) is 21.8. The van der Waals surface area contributed by atoms with Crippen molar-refractivity contribution < 1.29 is 18.7 Å². The van der Waals surface area contributed by atoms with Crippen LogP contribution in [-0.2, 0) is 11.2 Å². The van der Waals surface area contributed by atoms with Crippen LogP contribution in [0.25, 0.3) is 22.6 Å². The molecule has 4 aromatic rings. The first-order chi connectivity index (χ1) is 15.1. The number of benzene rings is 3. The second-order valence-electron chi connectivity index (χ2n) is 6.88. The zero-order valence-electron chi connectivity index (χ0n) is 17.1. The van der Waals surface area contributed by atoms with Gasteiger partial charge in [-0.25, -0.2) is 4.98 Å². The topological polar surface area (TPSA) is 73.6 Å². The van der Waals surface area contributed by atoms with Gasteiger partial charge in [-0.15, -0.1) is 0 Å². The highest BCUT2D eigenvalue weighted by Gasteiger charge is 2.14. The quantitative estimate of drug-likeness (QED) is 0.400. The van der Waals surface area contributed by atoms with Crippen LogP contribution >= 0.6 is 11.6 Å². The number of halogens is 1. The molecule has 0 fully saturated rings. The number of aromatic nitrogens is 1. The summed E-state index contributed by atoms with van der Waals surface area (Å²) >= 11 is 6.37. The van der Waals surface area contributed by atoms with Gasteiger partial charge in [-0.2, -0.15) is 0 Å². The third kappa shape index (κ3) is 4.81. The summed E-state index contributed by atoms with van der Waals surface area (Å²) in [5.74, 6) is 1.40. The Bertz CT molecular complexity index is 1220. The van der Waals surface area contributed by atoms with Crippen LogP contribution in [0.4, 0.5) is 5.69 Å². The molecular formula is C24H21ClN2O4. The molecule has 4 rings (SSSR count). The molecule has 0 radical (unpaired) electrons. The molecule has 6 nitrogen and oxygen atoms in total. The van der Waals surface area contributed by atoms with Crippen molar-refractivity contribution in [1.29, 1.82) is 0 Å². The Labute approximate surface area is 184 Å². The van der Waals surface area contributed by atoms with E-state index in [-0.39, 0.29) is 12.5 Å². The Hall–Kier alpha value is -3.51. The number of anilines is 1. The Morgan fingerprint density at radius 2 is 1.84 bits per heavy atom. The minimum absolute atomic E-state index is 0.132. The van der Waals surface area contributed by atoms with E-state index in [1.807, 2.05) is 18.2 Å². The fourth-order valence-electron chi connectivity index (χ4n) is 3.09. The lowest BCUT2D eigenvalue weighted by Gasteiger charge is -2.09. The minimum Gasteiger partial charge on any atom is -0.497 e. The van der Waals surface area contributed by atoms with Crippen LogP contribution < -0.4 is 14.8 Å². The molecule has 0 aliphatic carbocycles. The summed E-state index contributed by atoms with van der Waals surface area (Å²) in [6.07, 6.45) is 0.916. The van der Waals surface area contributed by atoms with E-state index in [0.717, 1.165) is 17.7 Å². The fourth-order valence-corrected chi connectivity index (χ4v) is 3.29.